The summed E-state index contributed by atoms with van der Waals surface area (Å²) in [6, 6.07) is 15.7. The Morgan fingerprint density at radius 2 is 1.56 bits per heavy atom. The highest BCUT2D eigenvalue weighted by molar-refractivity contribution is 6.05. The number of nitrogens with two attached hydrogens (primary N) is 3. The van der Waals surface area contributed by atoms with Crippen LogP contribution in [0.4, 0.5) is 17.1 Å². The molecule has 0 atom stereocenters. The van der Waals surface area contributed by atoms with Gasteiger partial charge in [0, 0.05) is 29.4 Å². The second-order valence-electron chi connectivity index (χ2n) is 8.99. The molecule has 0 aliphatic carbocycles. The number of carboxylic acid groups (broad SMARTS) is 1. The summed E-state index contributed by atoms with van der Waals surface area (Å²) in [5.74, 6) is -3.17. The zero-order valence-electron chi connectivity index (χ0n) is 24.7. The molecule has 0 saturated heterocycles. The molecule has 0 aromatic heterocycles. The second kappa shape index (κ2) is 17.1. The number of aliphatic carboxylic acids is 1. The van der Waals surface area contributed by atoms with Gasteiger partial charge < -0.3 is 41.8 Å². The number of aliphatic imine (C=N–C) groups is 1. The number of nitrogens with zero attached hydrogens (tertiary/aromatic N) is 1. The SMILES string of the molecule is COC(=O)/C=C/c1ccc(N)cc1C(=O)OC.COC(=O)c1cc(NC(=O)c2cccc(N=C(N)N)c2)ccc1CCC(=O)O. The molecule has 0 heterocycles. The van der Waals surface area contributed by atoms with Gasteiger partial charge in [-0.15, -0.1) is 0 Å². The van der Waals surface area contributed by atoms with Crippen molar-refractivity contribution < 1.29 is 43.3 Å². The Labute approximate surface area is 258 Å². The van der Waals surface area contributed by atoms with E-state index in [2.05, 4.69) is 19.8 Å². The maximum atomic E-state index is 12.5. The van der Waals surface area contributed by atoms with Crippen LogP contribution in [-0.2, 0) is 30.2 Å². The fraction of sp³-hybridized carbons (Fsp3) is 0.161. The van der Waals surface area contributed by atoms with Gasteiger partial charge in [-0.3, -0.25) is 9.59 Å². The van der Waals surface area contributed by atoms with Crippen molar-refractivity contribution in [2.24, 2.45) is 16.5 Å². The number of rotatable bonds is 10. The first-order chi connectivity index (χ1) is 21.4. The number of carboxylic acids is 1. The molecule has 0 aliphatic heterocycles. The van der Waals surface area contributed by atoms with Gasteiger partial charge in [0.25, 0.3) is 5.91 Å². The van der Waals surface area contributed by atoms with E-state index < -0.39 is 29.8 Å². The van der Waals surface area contributed by atoms with Gasteiger partial charge in [0.2, 0.25) is 0 Å². The minimum absolute atomic E-state index is 0.128. The standard InChI is InChI=1S/C19H20N4O5.C12H13NO4/c1-28-18(27)15-10-14(7-5-11(15)6-8-16(24)25)22-17(26)12-3-2-4-13(9-12)23-19(20)21;1-16-11(14)6-4-8-3-5-9(13)7-10(8)12(15)17-2/h2-5,7,9-10H,6,8H2,1H3,(H,22,26)(H,24,25)(H4,20,21,23);3-7H,13H2,1-2H3/b;6-4+. The van der Waals surface area contributed by atoms with Crippen molar-refractivity contribution in [3.05, 3.63) is 94.6 Å². The molecule has 8 N–H and O–H groups in total. The predicted octanol–water partition coefficient (Wildman–Crippen LogP) is 2.89. The molecule has 0 fully saturated rings. The molecule has 45 heavy (non-hydrogen) atoms. The highest BCUT2D eigenvalue weighted by atomic mass is 16.5. The van der Waals surface area contributed by atoms with E-state index in [-0.39, 0.29) is 24.4 Å². The van der Waals surface area contributed by atoms with Crippen molar-refractivity contribution >= 4 is 58.9 Å². The third-order valence-electron chi connectivity index (χ3n) is 5.83. The van der Waals surface area contributed by atoms with Crippen molar-refractivity contribution in [2.45, 2.75) is 12.8 Å². The third-order valence-corrected chi connectivity index (χ3v) is 5.83. The number of nitrogen functional groups attached to an aromatic ring is 1. The number of nitrogens with one attached hydrogen (secondary N) is 1. The van der Waals surface area contributed by atoms with Crippen LogP contribution in [-0.4, -0.2) is 62.2 Å². The molecule has 3 aromatic carbocycles. The van der Waals surface area contributed by atoms with Crippen LogP contribution >= 0.6 is 0 Å². The number of methoxy groups -OCH3 is 3. The van der Waals surface area contributed by atoms with E-state index in [0.717, 1.165) is 0 Å². The summed E-state index contributed by atoms with van der Waals surface area (Å²) in [6.07, 6.45) is 2.72. The highest BCUT2D eigenvalue weighted by Crippen LogP contribution is 2.21. The van der Waals surface area contributed by atoms with Gasteiger partial charge in [-0.05, 0) is 66.1 Å². The summed E-state index contributed by atoms with van der Waals surface area (Å²) in [5, 5.41) is 11.5. The summed E-state index contributed by atoms with van der Waals surface area (Å²) >= 11 is 0. The normalized spacial score (nSPS) is 10.1. The van der Waals surface area contributed by atoms with Crippen LogP contribution < -0.4 is 22.5 Å². The molecule has 3 aromatic rings. The van der Waals surface area contributed by atoms with E-state index in [1.807, 2.05) is 0 Å². The summed E-state index contributed by atoms with van der Waals surface area (Å²) in [7, 11) is 3.78. The molecule has 0 unspecified atom stereocenters. The van der Waals surface area contributed by atoms with Crippen molar-refractivity contribution in [1.82, 2.24) is 0 Å². The van der Waals surface area contributed by atoms with Gasteiger partial charge in [0.1, 0.15) is 0 Å². The number of carbonyl (C=O) groups is 5. The van der Waals surface area contributed by atoms with Crippen LogP contribution in [0.2, 0.25) is 0 Å². The average Bonchev–Trinajstić information content (AvgIpc) is 3.02. The maximum Gasteiger partial charge on any atom is 0.338 e. The monoisotopic (exact) mass is 619 g/mol. The fourth-order valence-electron chi connectivity index (χ4n) is 3.71. The number of ether oxygens (including phenoxy) is 3. The van der Waals surface area contributed by atoms with Crippen molar-refractivity contribution in [3.8, 4) is 0 Å². The van der Waals surface area contributed by atoms with E-state index >= 15 is 0 Å². The van der Waals surface area contributed by atoms with Crippen molar-refractivity contribution in [3.63, 3.8) is 0 Å². The van der Waals surface area contributed by atoms with E-state index in [1.54, 1.807) is 42.5 Å². The lowest BCUT2D eigenvalue weighted by molar-refractivity contribution is -0.137. The minimum atomic E-state index is -0.978. The van der Waals surface area contributed by atoms with E-state index in [4.69, 9.17) is 27.0 Å². The average molecular weight is 620 g/mol. The lowest BCUT2D eigenvalue weighted by atomic mass is 10.0. The van der Waals surface area contributed by atoms with E-state index in [9.17, 15) is 24.0 Å². The molecule has 0 radical (unpaired) electrons. The summed E-state index contributed by atoms with van der Waals surface area (Å²) in [4.78, 5) is 61.6. The van der Waals surface area contributed by atoms with Gasteiger partial charge in [-0.25, -0.2) is 19.4 Å². The summed E-state index contributed by atoms with van der Waals surface area (Å²) in [5.41, 5.74) is 19.3. The number of amides is 1. The topological polar surface area (TPSA) is 236 Å². The Hall–Kier alpha value is -6.18. The Morgan fingerprint density at radius 1 is 0.867 bits per heavy atom. The molecule has 3 rings (SSSR count). The van der Waals surface area contributed by atoms with Gasteiger partial charge in [-0.1, -0.05) is 18.2 Å². The van der Waals surface area contributed by atoms with Crippen LogP contribution in [0.5, 0.6) is 0 Å². The van der Waals surface area contributed by atoms with Crippen LogP contribution in [0.15, 0.2) is 71.7 Å². The molecule has 14 heteroatoms. The van der Waals surface area contributed by atoms with Crippen LogP contribution in [0.25, 0.3) is 6.08 Å². The molecule has 0 spiro atoms. The van der Waals surface area contributed by atoms with Gasteiger partial charge in [0.15, 0.2) is 5.96 Å². The lowest BCUT2D eigenvalue weighted by Crippen LogP contribution is -2.22. The minimum Gasteiger partial charge on any atom is -0.481 e. The first-order valence-corrected chi connectivity index (χ1v) is 13.1. The largest absolute Gasteiger partial charge is 0.481 e. The maximum absolute atomic E-state index is 12.5. The smallest absolute Gasteiger partial charge is 0.338 e. The molecule has 0 saturated carbocycles. The van der Waals surface area contributed by atoms with Crippen LogP contribution in [0.1, 0.15) is 48.6 Å². The lowest BCUT2D eigenvalue weighted by Gasteiger charge is -2.11. The van der Waals surface area contributed by atoms with E-state index in [1.165, 1.54) is 51.7 Å². The number of guanidine groups is 1. The van der Waals surface area contributed by atoms with E-state index in [0.29, 0.717) is 39.3 Å². The number of hydrogen-bond donors (Lipinski definition) is 5. The zero-order valence-corrected chi connectivity index (χ0v) is 24.7. The number of anilines is 2. The third kappa shape index (κ3) is 11.2. The summed E-state index contributed by atoms with van der Waals surface area (Å²) in [6.45, 7) is 0. The Morgan fingerprint density at radius 3 is 2.18 bits per heavy atom. The second-order valence-corrected chi connectivity index (χ2v) is 8.99. The first-order valence-electron chi connectivity index (χ1n) is 13.1. The summed E-state index contributed by atoms with van der Waals surface area (Å²) < 4.78 is 13.8. The zero-order chi connectivity index (χ0) is 33.5. The Kier molecular flexibility index (Phi) is 13.3. The highest BCUT2D eigenvalue weighted by Gasteiger charge is 2.16. The van der Waals surface area contributed by atoms with Gasteiger partial charge in [-0.2, -0.15) is 0 Å². The fourth-order valence-corrected chi connectivity index (χ4v) is 3.71. The molecule has 1 amide bonds. The predicted molar refractivity (Wildman–Crippen MR) is 167 cm³/mol. The van der Waals surface area contributed by atoms with Crippen LogP contribution in [0.3, 0.4) is 0 Å². The Bertz CT molecular complexity index is 1630. The number of aryl methyl sites for hydroxylation is 1. The Balaban J connectivity index is 0.000000355. The quantitative estimate of drug-likeness (QED) is 0.0550. The molecular formula is C31H33N5O9. The van der Waals surface area contributed by atoms with Gasteiger partial charge >= 0.3 is 23.9 Å². The van der Waals surface area contributed by atoms with Gasteiger partial charge in [0.05, 0.1) is 38.1 Å². The number of hydrogen-bond acceptors (Lipinski definition) is 10. The first kappa shape index (κ1) is 35.0. The van der Waals surface area contributed by atoms with Crippen molar-refractivity contribution in [2.75, 3.05) is 32.4 Å². The number of esters is 3. The number of carbonyl (C=O) groups excluding carboxylic acids is 4. The van der Waals surface area contributed by atoms with Crippen molar-refractivity contribution in [1.29, 1.82) is 0 Å². The molecule has 0 bridgehead atoms. The molecule has 236 valence electrons. The molecule has 0 aliphatic rings. The molecule has 14 nitrogen and oxygen atoms in total. The molecular weight excluding hydrogens is 586 g/mol. The number of benzene rings is 3. The van der Waals surface area contributed by atoms with Crippen LogP contribution in [0, 0.1) is 0 Å².